The molecule has 1 aromatic rings. The molecule has 0 radical (unpaired) electrons. The maximum absolute atomic E-state index is 13.2. The van der Waals surface area contributed by atoms with Gasteiger partial charge in [-0.15, -0.1) is 0 Å². The molecule has 0 bridgehead atoms. The molecule has 1 amide bonds. The number of nitrogens with two attached hydrogens (primary N) is 1. The first-order chi connectivity index (χ1) is 9.68. The number of carbonyl (C=O) groups is 1. The standard InChI is InChI=1S/C14H16F4N2O/c1-8-5-20(7-10(8)13(19)21)6-9-2-3-12(15)11(4-9)14(16,17)18/h2-4,8,10H,5-7H2,1H3,(H2,19,21)/t8-,10-/m1/s1. The van der Waals surface area contributed by atoms with Crippen LogP contribution in [-0.4, -0.2) is 23.9 Å². The van der Waals surface area contributed by atoms with Gasteiger partial charge in [-0.25, -0.2) is 4.39 Å². The lowest BCUT2D eigenvalue weighted by Gasteiger charge is -2.17. The molecule has 1 aliphatic rings. The number of benzene rings is 1. The fraction of sp³-hybridized carbons (Fsp3) is 0.500. The monoisotopic (exact) mass is 304 g/mol. The van der Waals surface area contributed by atoms with E-state index in [1.807, 2.05) is 11.8 Å². The third-order valence-corrected chi connectivity index (χ3v) is 3.80. The topological polar surface area (TPSA) is 46.3 Å². The second-order valence-electron chi connectivity index (χ2n) is 5.49. The van der Waals surface area contributed by atoms with Gasteiger partial charge < -0.3 is 5.73 Å². The van der Waals surface area contributed by atoms with E-state index in [0.29, 0.717) is 18.7 Å². The van der Waals surface area contributed by atoms with Gasteiger partial charge in [0.1, 0.15) is 5.82 Å². The van der Waals surface area contributed by atoms with Gasteiger partial charge in [0.2, 0.25) is 5.91 Å². The highest BCUT2D eigenvalue weighted by atomic mass is 19.4. The lowest BCUT2D eigenvalue weighted by molar-refractivity contribution is -0.140. The SMILES string of the molecule is C[C@@H]1CN(Cc2ccc(F)c(C(F)(F)F)c2)C[C@H]1C(N)=O. The minimum Gasteiger partial charge on any atom is -0.369 e. The first-order valence-electron chi connectivity index (χ1n) is 6.55. The third-order valence-electron chi connectivity index (χ3n) is 3.80. The number of carbonyl (C=O) groups excluding carboxylic acids is 1. The average Bonchev–Trinajstić information content (AvgIpc) is 2.71. The van der Waals surface area contributed by atoms with Crippen molar-refractivity contribution in [1.82, 2.24) is 4.90 Å². The number of likely N-dealkylation sites (tertiary alicyclic amines) is 1. The quantitative estimate of drug-likeness (QED) is 0.872. The smallest absolute Gasteiger partial charge is 0.369 e. The highest BCUT2D eigenvalue weighted by Gasteiger charge is 2.35. The van der Waals surface area contributed by atoms with E-state index in [1.165, 1.54) is 6.07 Å². The van der Waals surface area contributed by atoms with Crippen molar-refractivity contribution < 1.29 is 22.4 Å². The van der Waals surface area contributed by atoms with Gasteiger partial charge in [0.15, 0.2) is 0 Å². The minimum atomic E-state index is -4.71. The Labute approximate surface area is 119 Å². The van der Waals surface area contributed by atoms with Crippen molar-refractivity contribution in [3.8, 4) is 0 Å². The average molecular weight is 304 g/mol. The highest BCUT2D eigenvalue weighted by molar-refractivity contribution is 5.77. The van der Waals surface area contributed by atoms with E-state index >= 15 is 0 Å². The predicted molar refractivity (Wildman–Crippen MR) is 68.5 cm³/mol. The Balaban J connectivity index is 2.13. The van der Waals surface area contributed by atoms with Gasteiger partial charge in [-0.3, -0.25) is 9.69 Å². The normalized spacial score (nSPS) is 23.5. The van der Waals surface area contributed by atoms with Gasteiger partial charge in [0.05, 0.1) is 11.5 Å². The number of rotatable bonds is 3. The van der Waals surface area contributed by atoms with Crippen molar-refractivity contribution in [3.63, 3.8) is 0 Å². The summed E-state index contributed by atoms with van der Waals surface area (Å²) < 4.78 is 51.2. The lowest BCUT2D eigenvalue weighted by atomic mass is 9.98. The van der Waals surface area contributed by atoms with E-state index in [0.717, 1.165) is 12.1 Å². The summed E-state index contributed by atoms with van der Waals surface area (Å²) in [5.74, 6) is -1.92. The van der Waals surface area contributed by atoms with Crippen LogP contribution in [0.1, 0.15) is 18.1 Å². The van der Waals surface area contributed by atoms with Crippen LogP contribution >= 0.6 is 0 Å². The maximum atomic E-state index is 13.2. The molecule has 0 aliphatic carbocycles. The Morgan fingerprint density at radius 3 is 2.57 bits per heavy atom. The molecule has 0 spiro atoms. The molecule has 0 unspecified atom stereocenters. The molecule has 1 aromatic carbocycles. The number of alkyl halides is 3. The van der Waals surface area contributed by atoms with E-state index in [-0.39, 0.29) is 18.4 Å². The summed E-state index contributed by atoms with van der Waals surface area (Å²) in [6.07, 6.45) is -4.71. The van der Waals surface area contributed by atoms with Crippen LogP contribution in [0.5, 0.6) is 0 Å². The Kier molecular flexibility index (Phi) is 4.22. The molecule has 7 heteroatoms. The van der Waals surface area contributed by atoms with Crippen LogP contribution in [0.25, 0.3) is 0 Å². The zero-order chi connectivity index (χ0) is 15.8. The van der Waals surface area contributed by atoms with Crippen molar-refractivity contribution in [2.75, 3.05) is 13.1 Å². The van der Waals surface area contributed by atoms with E-state index < -0.39 is 23.5 Å². The number of amides is 1. The van der Waals surface area contributed by atoms with E-state index in [2.05, 4.69) is 0 Å². The molecule has 1 fully saturated rings. The fourth-order valence-electron chi connectivity index (χ4n) is 2.71. The zero-order valence-electron chi connectivity index (χ0n) is 11.5. The van der Waals surface area contributed by atoms with E-state index in [1.54, 1.807) is 0 Å². The van der Waals surface area contributed by atoms with Crippen molar-refractivity contribution in [2.45, 2.75) is 19.6 Å². The van der Waals surface area contributed by atoms with Gasteiger partial charge in [-0.1, -0.05) is 13.0 Å². The van der Waals surface area contributed by atoms with Crippen molar-refractivity contribution in [2.24, 2.45) is 17.6 Å². The Morgan fingerprint density at radius 1 is 1.38 bits per heavy atom. The molecule has 1 saturated heterocycles. The summed E-state index contributed by atoms with van der Waals surface area (Å²) in [5.41, 5.74) is 4.38. The van der Waals surface area contributed by atoms with Crippen LogP contribution in [0.3, 0.4) is 0 Å². The molecular formula is C14H16F4N2O. The van der Waals surface area contributed by atoms with Gasteiger partial charge in [-0.2, -0.15) is 13.2 Å². The first kappa shape index (κ1) is 15.8. The molecule has 0 saturated carbocycles. The Morgan fingerprint density at radius 2 is 2.05 bits per heavy atom. The number of hydrogen-bond donors (Lipinski definition) is 1. The molecule has 116 valence electrons. The third kappa shape index (κ3) is 3.53. The van der Waals surface area contributed by atoms with E-state index in [9.17, 15) is 22.4 Å². The van der Waals surface area contributed by atoms with Crippen molar-refractivity contribution in [1.29, 1.82) is 0 Å². The van der Waals surface area contributed by atoms with Crippen LogP contribution in [0.4, 0.5) is 17.6 Å². The summed E-state index contributed by atoms with van der Waals surface area (Å²) in [5, 5.41) is 0. The number of nitrogens with zero attached hydrogens (tertiary/aromatic N) is 1. The largest absolute Gasteiger partial charge is 0.419 e. The van der Waals surface area contributed by atoms with Crippen LogP contribution in [-0.2, 0) is 17.5 Å². The summed E-state index contributed by atoms with van der Waals surface area (Å²) in [6.45, 7) is 3.10. The zero-order valence-corrected chi connectivity index (χ0v) is 11.5. The Bertz CT molecular complexity index is 544. The van der Waals surface area contributed by atoms with Crippen LogP contribution in [0, 0.1) is 17.7 Å². The van der Waals surface area contributed by atoms with Gasteiger partial charge in [0.25, 0.3) is 0 Å². The highest BCUT2D eigenvalue weighted by Crippen LogP contribution is 2.32. The molecule has 2 atom stereocenters. The summed E-state index contributed by atoms with van der Waals surface area (Å²) in [7, 11) is 0. The van der Waals surface area contributed by atoms with Crippen LogP contribution in [0.2, 0.25) is 0 Å². The molecule has 2 rings (SSSR count). The fourth-order valence-corrected chi connectivity index (χ4v) is 2.71. The van der Waals surface area contributed by atoms with Crippen molar-refractivity contribution >= 4 is 5.91 Å². The van der Waals surface area contributed by atoms with Crippen molar-refractivity contribution in [3.05, 3.63) is 35.1 Å². The number of primary amides is 1. The number of hydrogen-bond acceptors (Lipinski definition) is 2. The molecular weight excluding hydrogens is 288 g/mol. The van der Waals surface area contributed by atoms with Gasteiger partial charge >= 0.3 is 6.18 Å². The molecule has 0 aromatic heterocycles. The maximum Gasteiger partial charge on any atom is 0.419 e. The molecule has 3 nitrogen and oxygen atoms in total. The summed E-state index contributed by atoms with van der Waals surface area (Å²) in [4.78, 5) is 13.1. The van der Waals surface area contributed by atoms with Crippen LogP contribution in [0.15, 0.2) is 18.2 Å². The molecule has 1 aliphatic heterocycles. The molecule has 1 heterocycles. The van der Waals surface area contributed by atoms with E-state index in [4.69, 9.17) is 5.73 Å². The minimum absolute atomic E-state index is 0.0602. The lowest BCUT2D eigenvalue weighted by Crippen LogP contribution is -2.29. The van der Waals surface area contributed by atoms with Gasteiger partial charge in [0, 0.05) is 19.6 Å². The molecule has 2 N–H and O–H groups in total. The van der Waals surface area contributed by atoms with Gasteiger partial charge in [-0.05, 0) is 23.6 Å². The van der Waals surface area contributed by atoms with Crippen LogP contribution < -0.4 is 5.73 Å². The predicted octanol–water partition coefficient (Wildman–Crippen LogP) is 2.40. The number of halogens is 4. The summed E-state index contributed by atoms with van der Waals surface area (Å²) >= 11 is 0. The summed E-state index contributed by atoms with van der Waals surface area (Å²) in [6, 6.07) is 2.97. The second kappa shape index (κ2) is 5.63. The second-order valence-corrected chi connectivity index (χ2v) is 5.49. The molecule has 21 heavy (non-hydrogen) atoms. The first-order valence-corrected chi connectivity index (χ1v) is 6.55. The Hall–Kier alpha value is -1.63.